The van der Waals surface area contributed by atoms with Crippen molar-refractivity contribution in [2.45, 2.75) is 31.8 Å². The van der Waals surface area contributed by atoms with Crippen LogP contribution in [0.1, 0.15) is 29.4 Å². The molecule has 4 rings (SSSR count). The molecule has 1 aliphatic heterocycles. The van der Waals surface area contributed by atoms with Crippen LogP contribution in [0.3, 0.4) is 0 Å². The number of nitrogens with one attached hydrogen (secondary N) is 3. The van der Waals surface area contributed by atoms with Crippen molar-refractivity contribution in [3.05, 3.63) is 64.8 Å². The molecule has 0 saturated carbocycles. The highest BCUT2D eigenvalue weighted by Gasteiger charge is 2.32. The van der Waals surface area contributed by atoms with Gasteiger partial charge in [0.2, 0.25) is 11.8 Å². The van der Waals surface area contributed by atoms with Gasteiger partial charge in [0, 0.05) is 37.9 Å². The first-order valence-corrected chi connectivity index (χ1v) is 10.9. The number of carbonyl (C=O) groups excluding carboxylic acids is 3. The average Bonchev–Trinajstić information content (AvgIpc) is 3.40. The van der Waals surface area contributed by atoms with E-state index >= 15 is 0 Å². The summed E-state index contributed by atoms with van der Waals surface area (Å²) < 4.78 is 13.3. The van der Waals surface area contributed by atoms with E-state index in [0.717, 1.165) is 5.39 Å². The third-order valence-electron chi connectivity index (χ3n) is 5.58. The van der Waals surface area contributed by atoms with Crippen LogP contribution in [0.25, 0.3) is 10.9 Å². The molecule has 0 bridgehead atoms. The number of rotatable bonds is 6. The topological polar surface area (TPSA) is 107 Å². The van der Waals surface area contributed by atoms with Crippen LogP contribution >= 0.6 is 11.6 Å². The molecule has 0 radical (unpaired) electrons. The summed E-state index contributed by atoms with van der Waals surface area (Å²) >= 11 is 5.92. The lowest BCUT2D eigenvalue weighted by Crippen LogP contribution is -2.50. The van der Waals surface area contributed by atoms with Crippen molar-refractivity contribution >= 4 is 40.2 Å². The number of fused-ring (bicyclic) bond motifs is 1. The number of halogens is 2. The molecule has 2 aromatic heterocycles. The number of likely N-dealkylation sites (tertiary alicyclic amines) is 1. The molecule has 1 fully saturated rings. The van der Waals surface area contributed by atoms with Gasteiger partial charge in [0.15, 0.2) is 0 Å². The van der Waals surface area contributed by atoms with Crippen molar-refractivity contribution in [3.63, 3.8) is 0 Å². The smallest absolute Gasteiger partial charge is 0.268 e. The van der Waals surface area contributed by atoms with Crippen LogP contribution < -0.4 is 10.6 Å². The molecule has 1 saturated heterocycles. The highest BCUT2D eigenvalue weighted by molar-refractivity contribution is 6.30. The molecule has 8 nitrogen and oxygen atoms in total. The largest absolute Gasteiger partial charge is 0.352 e. The number of benzene rings is 1. The van der Waals surface area contributed by atoms with E-state index in [9.17, 15) is 18.8 Å². The number of hydrogen-bond acceptors (Lipinski definition) is 4. The summed E-state index contributed by atoms with van der Waals surface area (Å²) in [5, 5.41) is 6.66. The Hall–Kier alpha value is -3.46. The highest BCUT2D eigenvalue weighted by atomic mass is 35.5. The number of amides is 3. The highest BCUT2D eigenvalue weighted by Crippen LogP contribution is 2.19. The third kappa shape index (κ3) is 5.48. The molecule has 3 N–H and O–H groups in total. The van der Waals surface area contributed by atoms with Crippen molar-refractivity contribution < 1.29 is 18.8 Å². The van der Waals surface area contributed by atoms with Crippen LogP contribution in [0.4, 0.5) is 4.39 Å². The van der Waals surface area contributed by atoms with Gasteiger partial charge in [-0.25, -0.2) is 9.37 Å². The van der Waals surface area contributed by atoms with Crippen molar-refractivity contribution in [1.82, 2.24) is 25.5 Å². The summed E-state index contributed by atoms with van der Waals surface area (Å²) in [7, 11) is 0. The molecule has 10 heteroatoms. The van der Waals surface area contributed by atoms with E-state index in [4.69, 9.17) is 11.6 Å². The second-order valence-corrected chi connectivity index (χ2v) is 8.49. The monoisotopic (exact) mass is 471 g/mol. The fraction of sp³-hybridized carbons (Fsp3) is 0.304. The lowest BCUT2D eigenvalue weighted by molar-refractivity contribution is -0.132. The van der Waals surface area contributed by atoms with Gasteiger partial charge >= 0.3 is 0 Å². The summed E-state index contributed by atoms with van der Waals surface area (Å²) in [5.74, 6) is -1.26. The number of H-pyrrole nitrogens is 1. The van der Waals surface area contributed by atoms with Gasteiger partial charge in [-0.05, 0) is 36.2 Å². The van der Waals surface area contributed by atoms with Gasteiger partial charge in [-0.3, -0.25) is 14.4 Å². The minimum absolute atomic E-state index is 0.125. The van der Waals surface area contributed by atoms with Crippen LogP contribution in [-0.2, 0) is 16.0 Å². The minimum atomic E-state index is -0.868. The molecule has 1 aromatic carbocycles. The predicted molar refractivity (Wildman–Crippen MR) is 121 cm³/mol. The molecule has 3 heterocycles. The first-order chi connectivity index (χ1) is 15.8. The number of nitrogens with zero attached hydrogens (tertiary/aromatic N) is 2. The Balaban J connectivity index is 1.53. The molecular weight excluding hydrogens is 449 g/mol. The summed E-state index contributed by atoms with van der Waals surface area (Å²) in [6.45, 7) is 2.27. The van der Waals surface area contributed by atoms with E-state index in [2.05, 4.69) is 20.6 Å². The maximum atomic E-state index is 13.3. The Morgan fingerprint density at radius 3 is 2.76 bits per heavy atom. The molecule has 1 aliphatic rings. The van der Waals surface area contributed by atoms with Gasteiger partial charge in [-0.15, -0.1) is 0 Å². The van der Waals surface area contributed by atoms with Crippen LogP contribution in [0.15, 0.2) is 42.6 Å². The summed E-state index contributed by atoms with van der Waals surface area (Å²) in [4.78, 5) is 46.3. The predicted octanol–water partition coefficient (Wildman–Crippen LogP) is 2.43. The van der Waals surface area contributed by atoms with Crippen molar-refractivity contribution in [2.75, 3.05) is 13.1 Å². The zero-order chi connectivity index (χ0) is 23.5. The van der Waals surface area contributed by atoms with Crippen LogP contribution in [0.5, 0.6) is 0 Å². The first kappa shape index (κ1) is 22.7. The fourth-order valence-corrected chi connectivity index (χ4v) is 4.17. The van der Waals surface area contributed by atoms with E-state index in [-0.39, 0.29) is 35.8 Å². The Kier molecular flexibility index (Phi) is 6.60. The van der Waals surface area contributed by atoms with Gasteiger partial charge in [0.25, 0.3) is 5.91 Å². The molecule has 0 aliphatic carbocycles. The fourth-order valence-electron chi connectivity index (χ4n) is 4.01. The normalized spacial score (nSPS) is 16.6. The quantitative estimate of drug-likeness (QED) is 0.480. The van der Waals surface area contributed by atoms with E-state index in [1.165, 1.54) is 25.3 Å². The van der Waals surface area contributed by atoms with E-state index in [1.54, 1.807) is 29.2 Å². The van der Waals surface area contributed by atoms with E-state index in [1.807, 2.05) is 0 Å². The van der Waals surface area contributed by atoms with Crippen molar-refractivity contribution in [3.8, 4) is 0 Å². The molecule has 172 valence electrons. The maximum absolute atomic E-state index is 13.3. The van der Waals surface area contributed by atoms with Crippen LogP contribution in [-0.4, -0.2) is 57.8 Å². The SMILES string of the molecule is CC(=O)N[C@@H]1CCN(C(=O)[C@H](Cc2ccc(F)cc2)NC(=O)c2cc3cc(Cl)ncc3[nH]2)C1. The van der Waals surface area contributed by atoms with Crippen LogP contribution in [0, 0.1) is 5.82 Å². The molecule has 2 atom stereocenters. The van der Waals surface area contributed by atoms with E-state index in [0.29, 0.717) is 35.7 Å². The zero-order valence-electron chi connectivity index (χ0n) is 17.9. The van der Waals surface area contributed by atoms with Crippen LogP contribution in [0.2, 0.25) is 5.15 Å². The molecule has 3 amide bonds. The standard InChI is InChI=1S/C23H23ClFN5O3/c1-13(31)27-17-6-7-30(12-17)23(33)19(8-14-2-4-16(25)5-3-14)29-22(32)18-9-15-10-21(24)26-11-20(15)28-18/h2-5,9-11,17,19,28H,6-8,12H2,1H3,(H,27,31)(H,29,32)/t17-,19+/m1/s1. The molecular formula is C23H23ClFN5O3. The second-order valence-electron chi connectivity index (χ2n) is 8.10. The van der Waals surface area contributed by atoms with Crippen molar-refractivity contribution in [2.24, 2.45) is 0 Å². The molecule has 0 unspecified atom stereocenters. The zero-order valence-corrected chi connectivity index (χ0v) is 18.7. The minimum Gasteiger partial charge on any atom is -0.352 e. The van der Waals surface area contributed by atoms with Gasteiger partial charge in [-0.1, -0.05) is 23.7 Å². The number of aromatic amines is 1. The van der Waals surface area contributed by atoms with Gasteiger partial charge in [0.05, 0.1) is 11.7 Å². The number of carbonyl (C=O) groups is 3. The Morgan fingerprint density at radius 2 is 2.03 bits per heavy atom. The summed E-state index contributed by atoms with van der Waals surface area (Å²) in [6.07, 6.45) is 2.36. The number of hydrogen-bond donors (Lipinski definition) is 3. The number of aromatic nitrogens is 2. The molecule has 3 aromatic rings. The maximum Gasteiger partial charge on any atom is 0.268 e. The Labute approximate surface area is 194 Å². The molecule has 33 heavy (non-hydrogen) atoms. The second kappa shape index (κ2) is 9.58. The Morgan fingerprint density at radius 1 is 1.27 bits per heavy atom. The number of pyridine rings is 1. The third-order valence-corrected chi connectivity index (χ3v) is 5.79. The van der Waals surface area contributed by atoms with Gasteiger partial charge < -0.3 is 20.5 Å². The summed E-state index contributed by atoms with van der Waals surface area (Å²) in [6, 6.07) is 8.08. The van der Waals surface area contributed by atoms with E-state index < -0.39 is 11.9 Å². The Bertz CT molecular complexity index is 1200. The lowest BCUT2D eigenvalue weighted by atomic mass is 10.0. The molecule has 0 spiro atoms. The van der Waals surface area contributed by atoms with Gasteiger partial charge in [0.1, 0.15) is 22.7 Å². The lowest BCUT2D eigenvalue weighted by Gasteiger charge is -2.24. The van der Waals surface area contributed by atoms with Crippen molar-refractivity contribution in [1.29, 1.82) is 0 Å². The average molecular weight is 472 g/mol. The summed E-state index contributed by atoms with van der Waals surface area (Å²) in [5.41, 5.74) is 1.62. The van der Waals surface area contributed by atoms with Gasteiger partial charge in [-0.2, -0.15) is 0 Å². The first-order valence-electron chi connectivity index (χ1n) is 10.5.